The minimum Gasteiger partial charge on any atom is -0.443 e. The number of fused-ring (bicyclic) bond motifs is 1. The van der Waals surface area contributed by atoms with Crippen LogP contribution in [0.4, 0.5) is 11.5 Å². The standard InChI is InChI=1S/C19H16ClN4O6S2/c1-29-24(25)18-10-14(21-22-18)11-31(26)17-7-6-13(20)9-15(17)23-32(27,28)19-8-12-4-2-3-5-16(12)30-19/h2-10,23H,11H2,1H3,(H,21,22)/q+1. The van der Waals surface area contributed by atoms with E-state index in [2.05, 4.69) is 19.8 Å². The van der Waals surface area contributed by atoms with Crippen LogP contribution in [0.15, 0.2) is 69.0 Å². The third-order valence-corrected chi connectivity index (χ3v) is 7.23. The van der Waals surface area contributed by atoms with Crippen LogP contribution in [0.5, 0.6) is 0 Å². The molecule has 13 heteroatoms. The summed E-state index contributed by atoms with van der Waals surface area (Å²) in [5.74, 6) is -0.104. The summed E-state index contributed by atoms with van der Waals surface area (Å²) in [5.41, 5.74) is 0.844. The molecular weight excluding hydrogens is 480 g/mol. The van der Waals surface area contributed by atoms with Gasteiger partial charge in [0.05, 0.1) is 44.0 Å². The number of halogens is 1. The second kappa shape index (κ2) is 8.73. The van der Waals surface area contributed by atoms with Crippen LogP contribution in [0, 0.1) is 4.91 Å². The maximum atomic E-state index is 13.0. The minimum absolute atomic E-state index is 0.0402. The average Bonchev–Trinajstić information content (AvgIpc) is 3.40. The third-order valence-electron chi connectivity index (χ3n) is 4.36. The Balaban J connectivity index is 1.62. The van der Waals surface area contributed by atoms with Gasteiger partial charge in [-0.05, 0) is 29.2 Å². The first-order valence-corrected chi connectivity index (χ1v) is 12.2. The van der Waals surface area contributed by atoms with Gasteiger partial charge in [-0.3, -0.25) is 8.93 Å². The maximum absolute atomic E-state index is 13.0. The number of para-hydroxylation sites is 1. The molecule has 4 rings (SSSR count). The Morgan fingerprint density at radius 3 is 2.75 bits per heavy atom. The highest BCUT2D eigenvalue weighted by atomic mass is 35.5. The molecule has 0 spiro atoms. The molecule has 10 nitrogen and oxygen atoms in total. The van der Waals surface area contributed by atoms with Crippen molar-refractivity contribution in [2.75, 3.05) is 11.8 Å². The van der Waals surface area contributed by atoms with Crippen molar-refractivity contribution < 1.29 is 26.8 Å². The van der Waals surface area contributed by atoms with Crippen LogP contribution >= 0.6 is 11.6 Å². The molecule has 2 heterocycles. The molecule has 0 radical (unpaired) electrons. The Kier molecular flexibility index (Phi) is 6.00. The van der Waals surface area contributed by atoms with E-state index in [1.54, 1.807) is 24.3 Å². The first-order valence-electron chi connectivity index (χ1n) is 9.02. The van der Waals surface area contributed by atoms with Gasteiger partial charge >= 0.3 is 5.82 Å². The summed E-state index contributed by atoms with van der Waals surface area (Å²) in [7, 11) is -4.65. The molecule has 0 saturated carbocycles. The molecule has 0 fully saturated rings. The van der Waals surface area contributed by atoms with Crippen molar-refractivity contribution in [3.05, 3.63) is 70.2 Å². The lowest BCUT2D eigenvalue weighted by Crippen LogP contribution is -2.14. The molecule has 0 aliphatic heterocycles. The molecule has 0 amide bonds. The van der Waals surface area contributed by atoms with E-state index in [-0.39, 0.29) is 37.2 Å². The molecule has 2 aromatic heterocycles. The SMILES string of the molecule is CO[N+](=O)c1cc(CS(=O)c2ccc(Cl)cc2NS(=O)(=O)c2cc3ccccc3o2)[nH]n1. The van der Waals surface area contributed by atoms with Gasteiger partial charge in [-0.25, -0.2) is 0 Å². The summed E-state index contributed by atoms with van der Waals surface area (Å²) < 4.78 is 46.7. The van der Waals surface area contributed by atoms with Crippen LogP contribution in [-0.4, -0.2) is 34.9 Å². The summed E-state index contributed by atoms with van der Waals surface area (Å²) in [6.45, 7) is 0. The van der Waals surface area contributed by atoms with Crippen molar-refractivity contribution in [3.8, 4) is 0 Å². The van der Waals surface area contributed by atoms with E-state index in [9.17, 15) is 17.5 Å². The number of anilines is 1. The quantitative estimate of drug-likeness (QED) is 0.354. The number of aromatic amines is 1. The number of benzene rings is 2. The number of nitrogens with zero attached hydrogens (tertiary/aromatic N) is 2. The monoisotopic (exact) mass is 495 g/mol. The van der Waals surface area contributed by atoms with Gasteiger partial charge in [0, 0.05) is 16.5 Å². The first kappa shape index (κ1) is 22.0. The maximum Gasteiger partial charge on any atom is 0.434 e. The third kappa shape index (κ3) is 4.52. The van der Waals surface area contributed by atoms with E-state index in [1.807, 2.05) is 0 Å². The van der Waals surface area contributed by atoms with Crippen LogP contribution in [0.3, 0.4) is 0 Å². The van der Waals surface area contributed by atoms with Gasteiger partial charge in [-0.1, -0.05) is 29.8 Å². The number of aromatic nitrogens is 2. The predicted molar refractivity (Wildman–Crippen MR) is 117 cm³/mol. The molecule has 1 atom stereocenters. The minimum atomic E-state index is -4.13. The van der Waals surface area contributed by atoms with Crippen LogP contribution in [0.1, 0.15) is 5.69 Å². The summed E-state index contributed by atoms with van der Waals surface area (Å²) in [6.07, 6.45) is 0. The highest BCUT2D eigenvalue weighted by molar-refractivity contribution is 7.92. The van der Waals surface area contributed by atoms with Gasteiger partial charge in [0.15, 0.2) is 4.92 Å². The molecule has 4 aromatic rings. The number of hydrogen-bond donors (Lipinski definition) is 2. The Hall–Kier alpha value is -3.22. The van der Waals surface area contributed by atoms with Crippen molar-refractivity contribution in [1.29, 1.82) is 0 Å². The topological polar surface area (TPSA) is 134 Å². The van der Waals surface area contributed by atoms with Crippen molar-refractivity contribution in [3.63, 3.8) is 0 Å². The molecular formula is C19H16ClN4O6S2+. The highest BCUT2D eigenvalue weighted by Crippen LogP contribution is 2.30. The molecule has 0 bridgehead atoms. The fourth-order valence-electron chi connectivity index (χ4n) is 2.89. The highest BCUT2D eigenvalue weighted by Gasteiger charge is 2.24. The van der Waals surface area contributed by atoms with Crippen molar-refractivity contribution >= 4 is 54.9 Å². The molecule has 2 N–H and O–H groups in total. The van der Waals surface area contributed by atoms with Gasteiger partial charge in [0.1, 0.15) is 12.7 Å². The lowest BCUT2D eigenvalue weighted by molar-refractivity contribution is -0.739. The smallest absolute Gasteiger partial charge is 0.434 e. The summed E-state index contributed by atoms with van der Waals surface area (Å²) >= 11 is 6.05. The number of furan rings is 1. The van der Waals surface area contributed by atoms with Crippen LogP contribution in [0.25, 0.3) is 11.0 Å². The second-order valence-corrected chi connectivity index (χ2v) is 10.00. The van der Waals surface area contributed by atoms with Crippen molar-refractivity contribution in [1.82, 2.24) is 10.2 Å². The fourth-order valence-corrected chi connectivity index (χ4v) is 5.33. The van der Waals surface area contributed by atoms with Gasteiger partial charge in [0.25, 0.3) is 10.0 Å². The zero-order valence-corrected chi connectivity index (χ0v) is 18.8. The zero-order valence-electron chi connectivity index (χ0n) is 16.4. The van der Waals surface area contributed by atoms with E-state index in [1.165, 1.54) is 37.4 Å². The largest absolute Gasteiger partial charge is 0.443 e. The average molecular weight is 496 g/mol. The van der Waals surface area contributed by atoms with E-state index in [0.29, 0.717) is 16.7 Å². The molecule has 166 valence electrons. The summed E-state index contributed by atoms with van der Waals surface area (Å²) in [4.78, 5) is 16.4. The Morgan fingerprint density at radius 1 is 1.22 bits per heavy atom. The normalized spacial score (nSPS) is 12.6. The molecule has 32 heavy (non-hydrogen) atoms. The van der Waals surface area contributed by atoms with E-state index in [4.69, 9.17) is 16.0 Å². The van der Waals surface area contributed by atoms with E-state index in [0.717, 1.165) is 0 Å². The Labute approximate surface area is 189 Å². The van der Waals surface area contributed by atoms with Gasteiger partial charge in [-0.2, -0.15) is 13.5 Å². The fraction of sp³-hybridized carbons (Fsp3) is 0.105. The van der Waals surface area contributed by atoms with E-state index < -0.39 is 20.8 Å². The van der Waals surface area contributed by atoms with Gasteiger partial charge < -0.3 is 9.25 Å². The molecule has 1 unspecified atom stereocenters. The Bertz CT molecular complexity index is 1410. The molecule has 0 saturated heterocycles. The number of hydrogen-bond acceptors (Lipinski definition) is 7. The zero-order chi connectivity index (χ0) is 22.9. The van der Waals surface area contributed by atoms with Crippen LogP contribution in [-0.2, 0) is 31.4 Å². The van der Waals surface area contributed by atoms with Crippen LogP contribution < -0.4 is 4.72 Å². The second-order valence-electron chi connectivity index (χ2n) is 6.53. The predicted octanol–water partition coefficient (Wildman–Crippen LogP) is 3.89. The summed E-state index contributed by atoms with van der Waals surface area (Å²) in [6, 6.07) is 14.0. The number of H-pyrrole nitrogens is 1. The number of nitrogens with one attached hydrogen (secondary N) is 2. The van der Waals surface area contributed by atoms with Crippen LogP contribution in [0.2, 0.25) is 5.02 Å². The van der Waals surface area contributed by atoms with Crippen molar-refractivity contribution in [2.45, 2.75) is 15.7 Å². The molecule has 0 aliphatic carbocycles. The van der Waals surface area contributed by atoms with E-state index >= 15 is 0 Å². The Morgan fingerprint density at radius 2 is 2.00 bits per heavy atom. The van der Waals surface area contributed by atoms with Crippen molar-refractivity contribution in [2.24, 2.45) is 0 Å². The number of rotatable bonds is 8. The van der Waals surface area contributed by atoms with Gasteiger partial charge in [0.2, 0.25) is 5.09 Å². The number of sulfonamides is 1. The molecule has 2 aromatic carbocycles. The summed E-state index contributed by atoms with van der Waals surface area (Å²) in [5, 5.41) is 6.96. The lowest BCUT2D eigenvalue weighted by atomic mass is 10.3. The molecule has 0 aliphatic rings. The first-order chi connectivity index (χ1) is 15.3. The lowest BCUT2D eigenvalue weighted by Gasteiger charge is -2.11. The van der Waals surface area contributed by atoms with Gasteiger partial charge in [-0.15, -0.1) is 0 Å².